The Labute approximate surface area is 148 Å². The summed E-state index contributed by atoms with van der Waals surface area (Å²) in [5.74, 6) is -0.0774. The SMILES string of the molecule is CC(C)CNC(=O)c1cc(N2CCN3CCC2CC3)ccc1[N+](=O)[O-]. The van der Waals surface area contributed by atoms with Crippen LogP contribution >= 0.6 is 0 Å². The molecule has 0 radical (unpaired) electrons. The fraction of sp³-hybridized carbons (Fsp3) is 0.611. The van der Waals surface area contributed by atoms with Crippen LogP contribution in [0.5, 0.6) is 0 Å². The van der Waals surface area contributed by atoms with Crippen LogP contribution in [-0.2, 0) is 0 Å². The highest BCUT2D eigenvalue weighted by Gasteiger charge is 2.30. The first-order chi connectivity index (χ1) is 12.0. The molecule has 2 bridgehead atoms. The summed E-state index contributed by atoms with van der Waals surface area (Å²) >= 11 is 0. The second-order valence-electron chi connectivity index (χ2n) is 7.33. The quantitative estimate of drug-likeness (QED) is 0.653. The Kier molecular flexibility index (Phi) is 5.22. The van der Waals surface area contributed by atoms with Crippen LogP contribution < -0.4 is 10.2 Å². The van der Waals surface area contributed by atoms with Crippen LogP contribution in [0.25, 0.3) is 0 Å². The third-order valence-corrected chi connectivity index (χ3v) is 5.08. The Bertz CT molecular complexity index is 654. The van der Waals surface area contributed by atoms with E-state index >= 15 is 0 Å². The van der Waals surface area contributed by atoms with Crippen molar-refractivity contribution in [3.05, 3.63) is 33.9 Å². The smallest absolute Gasteiger partial charge is 0.282 e. The summed E-state index contributed by atoms with van der Waals surface area (Å²) < 4.78 is 0. The molecule has 0 aromatic heterocycles. The molecular formula is C18H26N4O3. The highest BCUT2D eigenvalue weighted by molar-refractivity contribution is 5.99. The van der Waals surface area contributed by atoms with Gasteiger partial charge < -0.3 is 15.1 Å². The lowest BCUT2D eigenvalue weighted by Crippen LogP contribution is -2.38. The van der Waals surface area contributed by atoms with E-state index in [0.717, 1.165) is 44.7 Å². The molecule has 3 saturated heterocycles. The maximum atomic E-state index is 12.5. The Morgan fingerprint density at radius 3 is 2.64 bits per heavy atom. The molecule has 0 aliphatic carbocycles. The number of anilines is 1. The van der Waals surface area contributed by atoms with Crippen molar-refractivity contribution in [2.45, 2.75) is 32.7 Å². The number of hydrogen-bond donors (Lipinski definition) is 1. The van der Waals surface area contributed by atoms with Gasteiger partial charge in [-0.1, -0.05) is 13.8 Å². The third kappa shape index (κ3) is 3.92. The fourth-order valence-electron chi connectivity index (χ4n) is 3.66. The standard InChI is InChI=1S/C18H26N4O3/c1-13(2)12-19-18(23)16-11-15(3-4-17(16)22(24)25)21-10-9-20-7-5-14(21)6-8-20/h3-4,11,13-14H,5-10,12H2,1-2H3,(H,19,23). The number of amides is 1. The van der Waals surface area contributed by atoms with Crippen LogP contribution in [0.2, 0.25) is 0 Å². The molecule has 0 saturated carbocycles. The van der Waals surface area contributed by atoms with Gasteiger partial charge in [-0.25, -0.2) is 0 Å². The van der Waals surface area contributed by atoms with Gasteiger partial charge in [-0.3, -0.25) is 14.9 Å². The Morgan fingerprint density at radius 2 is 2.00 bits per heavy atom. The molecule has 3 heterocycles. The van der Waals surface area contributed by atoms with Gasteiger partial charge in [-0.05, 0) is 30.9 Å². The number of nitro groups is 1. The molecule has 1 amide bonds. The lowest BCUT2D eigenvalue weighted by molar-refractivity contribution is -0.385. The predicted molar refractivity (Wildman–Crippen MR) is 97.1 cm³/mol. The minimum absolute atomic E-state index is 0.132. The van der Waals surface area contributed by atoms with E-state index < -0.39 is 4.92 Å². The molecule has 1 aromatic rings. The number of benzene rings is 1. The lowest BCUT2D eigenvalue weighted by Gasteiger charge is -2.33. The van der Waals surface area contributed by atoms with E-state index in [0.29, 0.717) is 18.5 Å². The zero-order valence-corrected chi connectivity index (χ0v) is 14.9. The largest absolute Gasteiger partial charge is 0.367 e. The number of carbonyl (C=O) groups is 1. The number of nitrogens with one attached hydrogen (secondary N) is 1. The van der Waals surface area contributed by atoms with Gasteiger partial charge in [0.25, 0.3) is 11.6 Å². The van der Waals surface area contributed by atoms with Gasteiger partial charge in [0, 0.05) is 50.5 Å². The number of hydrogen-bond acceptors (Lipinski definition) is 5. The van der Waals surface area contributed by atoms with Crippen molar-refractivity contribution >= 4 is 17.3 Å². The molecule has 1 N–H and O–H groups in total. The number of rotatable bonds is 5. The van der Waals surface area contributed by atoms with Gasteiger partial charge >= 0.3 is 0 Å². The average Bonchev–Trinajstić information content (AvgIpc) is 2.92. The lowest BCUT2D eigenvalue weighted by atomic mass is 10.0. The first-order valence-electron chi connectivity index (χ1n) is 9.01. The summed E-state index contributed by atoms with van der Waals surface area (Å²) in [6, 6.07) is 5.40. The molecule has 3 aliphatic heterocycles. The maximum Gasteiger partial charge on any atom is 0.282 e. The predicted octanol–water partition coefficient (Wildman–Crippen LogP) is 2.27. The van der Waals surface area contributed by atoms with E-state index in [9.17, 15) is 14.9 Å². The highest BCUT2D eigenvalue weighted by Crippen LogP contribution is 2.30. The number of nitro benzene ring substituents is 1. The van der Waals surface area contributed by atoms with Gasteiger partial charge in [0.1, 0.15) is 5.56 Å². The van der Waals surface area contributed by atoms with E-state index in [-0.39, 0.29) is 17.2 Å². The molecule has 7 nitrogen and oxygen atoms in total. The van der Waals surface area contributed by atoms with Crippen molar-refractivity contribution in [3.63, 3.8) is 0 Å². The number of piperidine rings is 1. The molecule has 4 rings (SSSR count). The van der Waals surface area contributed by atoms with Crippen molar-refractivity contribution < 1.29 is 9.72 Å². The molecule has 1 aromatic carbocycles. The molecular weight excluding hydrogens is 320 g/mol. The molecule has 0 atom stereocenters. The van der Waals surface area contributed by atoms with Gasteiger partial charge in [-0.2, -0.15) is 0 Å². The van der Waals surface area contributed by atoms with Crippen LogP contribution in [0, 0.1) is 16.0 Å². The number of nitrogens with zero attached hydrogens (tertiary/aromatic N) is 3. The van der Waals surface area contributed by atoms with Crippen molar-refractivity contribution in [2.24, 2.45) is 5.92 Å². The van der Waals surface area contributed by atoms with Gasteiger partial charge in [-0.15, -0.1) is 0 Å². The van der Waals surface area contributed by atoms with E-state index in [1.807, 2.05) is 13.8 Å². The summed E-state index contributed by atoms with van der Waals surface area (Å²) in [4.78, 5) is 28.1. The normalized spacial score (nSPS) is 22.8. The Morgan fingerprint density at radius 1 is 1.28 bits per heavy atom. The van der Waals surface area contributed by atoms with Crippen LogP contribution in [0.3, 0.4) is 0 Å². The van der Waals surface area contributed by atoms with E-state index in [2.05, 4.69) is 15.1 Å². The first-order valence-corrected chi connectivity index (χ1v) is 9.01. The zero-order chi connectivity index (χ0) is 18.0. The molecule has 0 spiro atoms. The number of fused-ring (bicyclic) bond motifs is 4. The van der Waals surface area contributed by atoms with Crippen LogP contribution in [0.1, 0.15) is 37.0 Å². The minimum atomic E-state index is -0.478. The Balaban J connectivity index is 1.89. The van der Waals surface area contributed by atoms with Gasteiger partial charge in [0.2, 0.25) is 0 Å². The van der Waals surface area contributed by atoms with Crippen molar-refractivity contribution in [1.82, 2.24) is 10.2 Å². The van der Waals surface area contributed by atoms with Crippen LogP contribution in [0.4, 0.5) is 11.4 Å². The van der Waals surface area contributed by atoms with Crippen LogP contribution in [-0.4, -0.2) is 54.5 Å². The first kappa shape index (κ1) is 17.7. The number of carbonyl (C=O) groups excluding carboxylic acids is 1. The molecule has 136 valence electrons. The molecule has 3 aliphatic rings. The molecule has 3 fully saturated rings. The van der Waals surface area contributed by atoms with E-state index in [1.165, 1.54) is 6.07 Å². The van der Waals surface area contributed by atoms with Crippen LogP contribution in [0.15, 0.2) is 18.2 Å². The van der Waals surface area contributed by atoms with Crippen molar-refractivity contribution in [3.8, 4) is 0 Å². The molecule has 7 heteroatoms. The van der Waals surface area contributed by atoms with E-state index in [1.54, 1.807) is 12.1 Å². The monoisotopic (exact) mass is 346 g/mol. The highest BCUT2D eigenvalue weighted by atomic mass is 16.6. The second kappa shape index (κ2) is 7.39. The third-order valence-electron chi connectivity index (χ3n) is 5.08. The van der Waals surface area contributed by atoms with Crippen molar-refractivity contribution in [2.75, 3.05) is 37.6 Å². The summed E-state index contributed by atoms with van der Waals surface area (Å²) in [5, 5.41) is 14.1. The zero-order valence-electron chi connectivity index (χ0n) is 14.9. The summed E-state index contributed by atoms with van der Waals surface area (Å²) in [7, 11) is 0. The fourth-order valence-corrected chi connectivity index (χ4v) is 3.66. The second-order valence-corrected chi connectivity index (χ2v) is 7.33. The minimum Gasteiger partial charge on any atom is -0.367 e. The maximum absolute atomic E-state index is 12.5. The molecule has 25 heavy (non-hydrogen) atoms. The average molecular weight is 346 g/mol. The van der Waals surface area contributed by atoms with Crippen molar-refractivity contribution in [1.29, 1.82) is 0 Å². The topological polar surface area (TPSA) is 78.7 Å². The van der Waals surface area contributed by atoms with E-state index in [4.69, 9.17) is 0 Å². The van der Waals surface area contributed by atoms with Gasteiger partial charge in [0.15, 0.2) is 0 Å². The van der Waals surface area contributed by atoms with Gasteiger partial charge in [0.05, 0.1) is 4.92 Å². The summed E-state index contributed by atoms with van der Waals surface area (Å²) in [5.41, 5.74) is 0.934. The molecule has 0 unspecified atom stereocenters. The summed E-state index contributed by atoms with van der Waals surface area (Å²) in [6.07, 6.45) is 2.21. The Hall–Kier alpha value is -2.15. The summed E-state index contributed by atoms with van der Waals surface area (Å²) in [6.45, 7) is 8.60.